The minimum absolute atomic E-state index is 0.0383. The van der Waals surface area contributed by atoms with Gasteiger partial charge in [-0.1, -0.05) is 13.0 Å². The van der Waals surface area contributed by atoms with E-state index in [-0.39, 0.29) is 22.6 Å². The van der Waals surface area contributed by atoms with Crippen LogP contribution in [0, 0.1) is 0 Å². The van der Waals surface area contributed by atoms with Crippen LogP contribution in [-0.4, -0.2) is 61.1 Å². The van der Waals surface area contributed by atoms with Gasteiger partial charge in [0.15, 0.2) is 9.84 Å². The van der Waals surface area contributed by atoms with E-state index in [1.54, 1.807) is 49.4 Å². The summed E-state index contributed by atoms with van der Waals surface area (Å²) in [5.74, 6) is 1.05. The van der Waals surface area contributed by atoms with Gasteiger partial charge in [0.25, 0.3) is 5.91 Å². The number of hydrogen-bond donors (Lipinski definition) is 3. The second-order valence-corrected chi connectivity index (χ2v) is 10.9. The van der Waals surface area contributed by atoms with Crippen LogP contribution in [0.3, 0.4) is 0 Å². The maximum Gasteiger partial charge on any atom is 0.251 e. The van der Waals surface area contributed by atoms with E-state index in [2.05, 4.69) is 37.9 Å². The molecule has 2 aromatic carbocycles. The number of anilines is 4. The molecule has 4 rings (SSSR count). The van der Waals surface area contributed by atoms with Gasteiger partial charge in [-0.3, -0.25) is 4.79 Å². The number of sulfone groups is 1. The lowest BCUT2D eigenvalue weighted by Gasteiger charge is -2.29. The molecule has 0 spiro atoms. The number of likely N-dealkylation sites (tertiary alicyclic amines) is 1. The summed E-state index contributed by atoms with van der Waals surface area (Å²) in [6, 6.07) is 15.8. The molecule has 3 aromatic rings. The second-order valence-electron chi connectivity index (χ2n) is 8.60. The Kier molecular flexibility index (Phi) is 7.62. The lowest BCUT2D eigenvalue weighted by atomic mass is 10.0. The van der Waals surface area contributed by atoms with Crippen molar-refractivity contribution in [3.63, 3.8) is 0 Å². The highest BCUT2D eigenvalue weighted by molar-refractivity contribution is 7.91. The summed E-state index contributed by atoms with van der Waals surface area (Å²) in [4.78, 5) is 23.6. The highest BCUT2D eigenvalue weighted by Gasteiger charge is 2.19. The lowest BCUT2D eigenvalue weighted by molar-refractivity contribution is 0.0917. The smallest absolute Gasteiger partial charge is 0.251 e. The van der Waals surface area contributed by atoms with Crippen molar-refractivity contribution in [1.29, 1.82) is 0 Å². The summed E-state index contributed by atoms with van der Waals surface area (Å²) >= 11 is 0. The predicted octanol–water partition coefficient (Wildman–Crippen LogP) is 3.58. The van der Waals surface area contributed by atoms with Crippen molar-refractivity contribution in [3.8, 4) is 0 Å². The lowest BCUT2D eigenvalue weighted by Crippen LogP contribution is -2.43. The number of aromatic nitrogens is 2. The number of hydrogen-bond acceptors (Lipinski definition) is 8. The molecule has 0 atom stereocenters. The van der Waals surface area contributed by atoms with Crippen LogP contribution in [0.2, 0.25) is 0 Å². The van der Waals surface area contributed by atoms with Gasteiger partial charge < -0.3 is 20.9 Å². The van der Waals surface area contributed by atoms with Gasteiger partial charge >= 0.3 is 0 Å². The second kappa shape index (κ2) is 10.8. The first-order chi connectivity index (χ1) is 16.8. The van der Waals surface area contributed by atoms with Gasteiger partial charge in [0.05, 0.1) is 10.6 Å². The van der Waals surface area contributed by atoms with Crippen LogP contribution in [0.15, 0.2) is 65.8 Å². The molecular formula is C25H30N6O3S. The zero-order valence-corrected chi connectivity index (χ0v) is 20.7. The number of carbonyl (C=O) groups excluding carboxylic acids is 1. The highest BCUT2D eigenvalue weighted by Crippen LogP contribution is 2.22. The van der Waals surface area contributed by atoms with Crippen molar-refractivity contribution in [1.82, 2.24) is 20.2 Å². The van der Waals surface area contributed by atoms with E-state index in [0.717, 1.165) is 31.6 Å². The molecule has 35 heavy (non-hydrogen) atoms. The van der Waals surface area contributed by atoms with Crippen LogP contribution in [0.4, 0.5) is 23.0 Å². The Balaban J connectivity index is 1.38. The molecule has 0 aliphatic carbocycles. The molecule has 0 saturated carbocycles. The van der Waals surface area contributed by atoms with E-state index < -0.39 is 9.84 Å². The Bertz CT molecular complexity index is 1270. The Morgan fingerprint density at radius 3 is 2.29 bits per heavy atom. The average Bonchev–Trinajstić information content (AvgIpc) is 2.86. The van der Waals surface area contributed by atoms with Gasteiger partial charge in [-0.05, 0) is 75.4 Å². The quantitative estimate of drug-likeness (QED) is 0.435. The molecule has 1 saturated heterocycles. The zero-order valence-electron chi connectivity index (χ0n) is 19.9. The fraction of sp³-hybridized carbons (Fsp3) is 0.320. The number of nitrogens with zero attached hydrogens (tertiary/aromatic N) is 3. The Morgan fingerprint density at radius 1 is 0.971 bits per heavy atom. The van der Waals surface area contributed by atoms with Gasteiger partial charge in [0, 0.05) is 29.0 Å². The standard InChI is InChI=1S/C25H30N6O3S/c1-3-35(33,34)22-6-4-5-21(15-22)29-24-16-23(26-17-27-24)28-19-9-7-18(8-10-19)25(32)30-20-11-13-31(2)14-12-20/h4-10,15-17,20H,3,11-14H2,1-2H3,(H,30,32)(H2,26,27,28,29). The van der Waals surface area contributed by atoms with E-state index in [4.69, 9.17) is 0 Å². The summed E-state index contributed by atoms with van der Waals surface area (Å²) in [5.41, 5.74) is 2.01. The monoisotopic (exact) mass is 494 g/mol. The van der Waals surface area contributed by atoms with Gasteiger partial charge in [-0.15, -0.1) is 0 Å². The summed E-state index contributed by atoms with van der Waals surface area (Å²) < 4.78 is 24.3. The third kappa shape index (κ3) is 6.55. The van der Waals surface area contributed by atoms with E-state index in [1.165, 1.54) is 6.33 Å². The molecule has 1 fully saturated rings. The third-order valence-corrected chi connectivity index (χ3v) is 7.72. The Hall–Kier alpha value is -3.50. The van der Waals surface area contributed by atoms with Crippen molar-refractivity contribution >= 4 is 38.8 Å². The first kappa shape index (κ1) is 24.6. The highest BCUT2D eigenvalue weighted by atomic mass is 32.2. The first-order valence-corrected chi connectivity index (χ1v) is 13.3. The molecule has 0 radical (unpaired) electrons. The molecular weight excluding hydrogens is 464 g/mol. The molecule has 1 amide bonds. The van der Waals surface area contributed by atoms with Crippen LogP contribution >= 0.6 is 0 Å². The van der Waals surface area contributed by atoms with Gasteiger partial charge in [-0.25, -0.2) is 18.4 Å². The van der Waals surface area contributed by atoms with Crippen LogP contribution in [0.5, 0.6) is 0 Å². The third-order valence-electron chi connectivity index (χ3n) is 5.99. The topological polar surface area (TPSA) is 116 Å². The predicted molar refractivity (Wildman–Crippen MR) is 137 cm³/mol. The molecule has 2 heterocycles. The molecule has 1 aliphatic heterocycles. The molecule has 1 aromatic heterocycles. The van der Waals surface area contributed by atoms with E-state index >= 15 is 0 Å². The SMILES string of the molecule is CCS(=O)(=O)c1cccc(Nc2cc(Nc3ccc(C(=O)NC4CCN(C)CC4)cc3)ncn2)c1. The number of piperidine rings is 1. The number of rotatable bonds is 8. The summed E-state index contributed by atoms with van der Waals surface area (Å²) in [6.07, 6.45) is 3.34. The van der Waals surface area contributed by atoms with Crippen molar-refractivity contribution in [3.05, 3.63) is 66.5 Å². The average molecular weight is 495 g/mol. The Morgan fingerprint density at radius 2 is 1.63 bits per heavy atom. The summed E-state index contributed by atoms with van der Waals surface area (Å²) in [6.45, 7) is 3.60. The van der Waals surface area contributed by atoms with Crippen molar-refractivity contribution in [2.75, 3.05) is 36.5 Å². The number of carbonyl (C=O) groups is 1. The van der Waals surface area contributed by atoms with E-state index in [9.17, 15) is 13.2 Å². The normalized spacial score (nSPS) is 14.9. The molecule has 9 nitrogen and oxygen atoms in total. The maximum absolute atomic E-state index is 12.6. The maximum atomic E-state index is 12.6. The number of amides is 1. The summed E-state index contributed by atoms with van der Waals surface area (Å²) in [7, 11) is -1.20. The fourth-order valence-electron chi connectivity index (χ4n) is 3.85. The fourth-order valence-corrected chi connectivity index (χ4v) is 4.78. The van der Waals surface area contributed by atoms with Crippen LogP contribution in [0.1, 0.15) is 30.1 Å². The van der Waals surface area contributed by atoms with Gasteiger partial charge in [0.1, 0.15) is 18.0 Å². The minimum Gasteiger partial charge on any atom is -0.349 e. The Labute approximate surface area is 205 Å². The van der Waals surface area contributed by atoms with Crippen LogP contribution < -0.4 is 16.0 Å². The van der Waals surface area contributed by atoms with Gasteiger partial charge in [0.2, 0.25) is 0 Å². The summed E-state index contributed by atoms with van der Waals surface area (Å²) in [5, 5.41) is 9.44. The zero-order chi connectivity index (χ0) is 24.8. The van der Waals surface area contributed by atoms with Crippen LogP contribution in [-0.2, 0) is 9.84 Å². The van der Waals surface area contributed by atoms with Crippen molar-refractivity contribution < 1.29 is 13.2 Å². The van der Waals surface area contributed by atoms with E-state index in [0.29, 0.717) is 22.9 Å². The van der Waals surface area contributed by atoms with Crippen molar-refractivity contribution in [2.24, 2.45) is 0 Å². The van der Waals surface area contributed by atoms with Crippen molar-refractivity contribution in [2.45, 2.75) is 30.7 Å². The van der Waals surface area contributed by atoms with E-state index in [1.807, 2.05) is 12.1 Å². The molecule has 3 N–H and O–H groups in total. The molecule has 184 valence electrons. The number of benzene rings is 2. The molecule has 0 bridgehead atoms. The van der Waals surface area contributed by atoms with Gasteiger partial charge in [-0.2, -0.15) is 0 Å². The van der Waals surface area contributed by atoms with Crippen LogP contribution in [0.25, 0.3) is 0 Å². The minimum atomic E-state index is -3.30. The molecule has 10 heteroatoms. The first-order valence-electron chi connectivity index (χ1n) is 11.6. The molecule has 0 unspecified atom stereocenters. The molecule has 1 aliphatic rings. The number of nitrogens with one attached hydrogen (secondary N) is 3. The largest absolute Gasteiger partial charge is 0.349 e.